The minimum atomic E-state index is -0.115. The zero-order valence-corrected chi connectivity index (χ0v) is 16.8. The molecule has 2 aromatic rings. The van der Waals surface area contributed by atoms with Gasteiger partial charge in [-0.1, -0.05) is 28.5 Å². The van der Waals surface area contributed by atoms with Crippen molar-refractivity contribution in [1.29, 1.82) is 0 Å². The summed E-state index contributed by atoms with van der Waals surface area (Å²) in [6, 6.07) is 6.45. The second-order valence-corrected chi connectivity index (χ2v) is 8.39. The molecule has 1 N–H and O–H groups in total. The molecule has 27 heavy (non-hydrogen) atoms. The number of likely N-dealkylation sites (N-methyl/N-ethyl adjacent to an activating group) is 1. The number of hydrogen-bond acceptors (Lipinski definition) is 6. The van der Waals surface area contributed by atoms with Crippen LogP contribution in [0, 0.1) is 13.8 Å². The molecular weight excluding hydrogens is 362 g/mol. The van der Waals surface area contributed by atoms with Crippen molar-refractivity contribution in [2.45, 2.75) is 32.4 Å². The van der Waals surface area contributed by atoms with Gasteiger partial charge < -0.3 is 9.64 Å². The Balaban J connectivity index is 1.42. The first-order valence-electron chi connectivity index (χ1n) is 9.29. The second kappa shape index (κ2) is 7.53. The molecule has 2 fully saturated rings. The summed E-state index contributed by atoms with van der Waals surface area (Å²) in [4.78, 5) is 16.8. The summed E-state index contributed by atoms with van der Waals surface area (Å²) in [6.45, 7) is 7.19. The van der Waals surface area contributed by atoms with Crippen LogP contribution in [0.15, 0.2) is 18.2 Å². The molecule has 8 heteroatoms. The minimum Gasteiger partial charge on any atom is -0.375 e. The van der Waals surface area contributed by atoms with Crippen molar-refractivity contribution in [3.63, 3.8) is 0 Å². The number of carbonyl (C=O) groups is 1. The molecule has 1 aromatic carbocycles. The van der Waals surface area contributed by atoms with Gasteiger partial charge in [0.25, 0.3) is 0 Å². The lowest BCUT2D eigenvalue weighted by molar-refractivity contribution is -0.0875. The third kappa shape index (κ3) is 3.97. The van der Waals surface area contributed by atoms with Crippen molar-refractivity contribution in [2.24, 2.45) is 0 Å². The lowest BCUT2D eigenvalue weighted by atomic mass is 9.99. The normalized spacial score (nSPS) is 23.1. The van der Waals surface area contributed by atoms with Gasteiger partial charge in [-0.25, -0.2) is 4.79 Å². The maximum absolute atomic E-state index is 12.7. The standard InChI is InChI=1S/C19H25N5O2S/c1-12-8-13(2)10-14(9-12)17-21-22-18(27-17)20-19(25)24-5-4-16-15(11-24)23(3)6-7-26-16/h8-10,15-16H,4-7,11H2,1-3H3,(H,20,22,25). The van der Waals surface area contributed by atoms with Gasteiger partial charge in [0, 0.05) is 25.2 Å². The second-order valence-electron chi connectivity index (χ2n) is 7.41. The molecule has 0 spiro atoms. The molecule has 2 unspecified atom stereocenters. The van der Waals surface area contributed by atoms with Crippen LogP contribution in [0.1, 0.15) is 17.5 Å². The fraction of sp³-hybridized carbons (Fsp3) is 0.526. The Bertz CT molecular complexity index is 819. The van der Waals surface area contributed by atoms with E-state index >= 15 is 0 Å². The van der Waals surface area contributed by atoms with Crippen LogP contribution >= 0.6 is 11.3 Å². The fourth-order valence-electron chi connectivity index (χ4n) is 3.89. The number of nitrogens with one attached hydrogen (secondary N) is 1. The van der Waals surface area contributed by atoms with Gasteiger partial charge in [0.1, 0.15) is 5.01 Å². The molecule has 7 nitrogen and oxygen atoms in total. The minimum absolute atomic E-state index is 0.115. The molecule has 0 bridgehead atoms. The average Bonchev–Trinajstić information content (AvgIpc) is 3.09. The quantitative estimate of drug-likeness (QED) is 0.858. The van der Waals surface area contributed by atoms with Gasteiger partial charge in [0.05, 0.1) is 18.8 Å². The van der Waals surface area contributed by atoms with Crippen LogP contribution in [0.4, 0.5) is 9.93 Å². The number of benzene rings is 1. The molecule has 0 saturated carbocycles. The van der Waals surface area contributed by atoms with E-state index in [-0.39, 0.29) is 18.2 Å². The van der Waals surface area contributed by atoms with Crippen LogP contribution in [0.3, 0.4) is 0 Å². The van der Waals surface area contributed by atoms with Gasteiger partial charge in [-0.05, 0) is 39.4 Å². The van der Waals surface area contributed by atoms with Gasteiger partial charge in [0.15, 0.2) is 0 Å². The topological polar surface area (TPSA) is 70.6 Å². The van der Waals surface area contributed by atoms with Crippen molar-refractivity contribution in [3.05, 3.63) is 29.3 Å². The number of likely N-dealkylation sites (tertiary alicyclic amines) is 1. The van der Waals surface area contributed by atoms with E-state index in [9.17, 15) is 4.79 Å². The highest BCUT2D eigenvalue weighted by atomic mass is 32.1. The fourth-order valence-corrected chi connectivity index (χ4v) is 4.61. The highest BCUT2D eigenvalue weighted by molar-refractivity contribution is 7.18. The third-order valence-corrected chi connectivity index (χ3v) is 6.14. The van der Waals surface area contributed by atoms with E-state index in [4.69, 9.17) is 4.74 Å². The summed E-state index contributed by atoms with van der Waals surface area (Å²) < 4.78 is 5.85. The van der Waals surface area contributed by atoms with Gasteiger partial charge in [-0.3, -0.25) is 10.2 Å². The molecule has 0 aliphatic carbocycles. The number of anilines is 1. The van der Waals surface area contributed by atoms with E-state index in [1.54, 1.807) is 0 Å². The van der Waals surface area contributed by atoms with E-state index in [2.05, 4.69) is 59.5 Å². The van der Waals surface area contributed by atoms with Crippen LogP contribution in [0.2, 0.25) is 0 Å². The van der Waals surface area contributed by atoms with Crippen molar-refractivity contribution in [3.8, 4) is 10.6 Å². The molecule has 2 aliphatic heterocycles. The number of hydrogen-bond donors (Lipinski definition) is 1. The number of urea groups is 1. The SMILES string of the molecule is Cc1cc(C)cc(-c2nnc(NC(=O)N3CCC4OCCN(C)C4C3)s2)c1. The van der Waals surface area contributed by atoms with E-state index < -0.39 is 0 Å². The number of piperidine rings is 1. The predicted octanol–water partition coefficient (Wildman–Crippen LogP) is 2.76. The molecule has 144 valence electrons. The summed E-state index contributed by atoms with van der Waals surface area (Å²) in [6.07, 6.45) is 1.09. The Morgan fingerprint density at radius 3 is 2.78 bits per heavy atom. The zero-order valence-electron chi connectivity index (χ0n) is 15.9. The van der Waals surface area contributed by atoms with E-state index in [0.717, 1.165) is 30.1 Å². The van der Waals surface area contributed by atoms with Crippen molar-refractivity contribution in [1.82, 2.24) is 20.0 Å². The highest BCUT2D eigenvalue weighted by Crippen LogP contribution is 2.28. The van der Waals surface area contributed by atoms with E-state index in [0.29, 0.717) is 18.2 Å². The number of amides is 2. The van der Waals surface area contributed by atoms with E-state index in [1.165, 1.54) is 22.5 Å². The number of nitrogens with zero attached hydrogens (tertiary/aromatic N) is 4. The molecule has 1 aromatic heterocycles. The smallest absolute Gasteiger partial charge is 0.323 e. The maximum Gasteiger partial charge on any atom is 0.323 e. The molecule has 2 saturated heterocycles. The van der Waals surface area contributed by atoms with Crippen molar-refractivity contribution in [2.75, 3.05) is 38.6 Å². The first-order valence-corrected chi connectivity index (χ1v) is 10.1. The third-order valence-electron chi connectivity index (χ3n) is 5.26. The Morgan fingerprint density at radius 1 is 1.22 bits per heavy atom. The van der Waals surface area contributed by atoms with Gasteiger partial charge >= 0.3 is 6.03 Å². The summed E-state index contributed by atoms with van der Waals surface area (Å²) in [7, 11) is 2.10. The lowest BCUT2D eigenvalue weighted by Gasteiger charge is -2.45. The number of aryl methyl sites for hydroxylation is 2. The summed E-state index contributed by atoms with van der Waals surface area (Å²) in [5, 5.41) is 12.7. The average molecular weight is 388 g/mol. The molecule has 0 radical (unpaired) electrons. The summed E-state index contributed by atoms with van der Waals surface area (Å²) in [5.74, 6) is 0. The number of aromatic nitrogens is 2. The molecule has 3 heterocycles. The molecule has 2 aliphatic rings. The monoisotopic (exact) mass is 387 g/mol. The Labute approximate surface area is 163 Å². The van der Waals surface area contributed by atoms with E-state index in [1.807, 2.05) is 4.90 Å². The van der Waals surface area contributed by atoms with Crippen LogP contribution in [0.25, 0.3) is 10.6 Å². The summed E-state index contributed by atoms with van der Waals surface area (Å²) >= 11 is 1.40. The predicted molar refractivity (Wildman–Crippen MR) is 106 cm³/mol. The zero-order chi connectivity index (χ0) is 19.0. The molecule has 4 rings (SSSR count). The van der Waals surface area contributed by atoms with Gasteiger partial charge in [-0.2, -0.15) is 0 Å². The largest absolute Gasteiger partial charge is 0.375 e. The first-order chi connectivity index (χ1) is 13.0. The Morgan fingerprint density at radius 2 is 2.00 bits per heavy atom. The number of fused-ring (bicyclic) bond motifs is 1. The highest BCUT2D eigenvalue weighted by Gasteiger charge is 2.37. The maximum atomic E-state index is 12.7. The molecule has 2 atom stereocenters. The number of ether oxygens (including phenoxy) is 1. The van der Waals surface area contributed by atoms with Crippen LogP contribution in [-0.2, 0) is 4.74 Å². The molecular formula is C19H25N5O2S. The Hall–Kier alpha value is -2.03. The van der Waals surface area contributed by atoms with Crippen LogP contribution < -0.4 is 5.32 Å². The van der Waals surface area contributed by atoms with Crippen LogP contribution in [0.5, 0.6) is 0 Å². The van der Waals surface area contributed by atoms with Crippen molar-refractivity contribution < 1.29 is 9.53 Å². The van der Waals surface area contributed by atoms with Crippen LogP contribution in [-0.4, -0.2) is 71.5 Å². The van der Waals surface area contributed by atoms with Gasteiger partial charge in [0.2, 0.25) is 5.13 Å². The van der Waals surface area contributed by atoms with Gasteiger partial charge in [-0.15, -0.1) is 10.2 Å². The molecule has 2 amide bonds. The first kappa shape index (κ1) is 18.3. The summed E-state index contributed by atoms with van der Waals surface area (Å²) in [5.41, 5.74) is 3.41. The number of carbonyl (C=O) groups excluding carboxylic acids is 1. The Kier molecular flexibility index (Phi) is 5.12. The lowest BCUT2D eigenvalue weighted by Crippen LogP contribution is -2.60. The number of morpholine rings is 1. The number of rotatable bonds is 2. The van der Waals surface area contributed by atoms with Crippen molar-refractivity contribution >= 4 is 22.5 Å².